The first-order valence-electron chi connectivity index (χ1n) is 14.7. The second-order valence-electron chi connectivity index (χ2n) is 10.7. The van der Waals surface area contributed by atoms with Crippen molar-refractivity contribution in [2.75, 3.05) is 31.5 Å². The third-order valence-corrected chi connectivity index (χ3v) is 8.76. The summed E-state index contributed by atoms with van der Waals surface area (Å²) in [6, 6.07) is 30.4. The molecule has 2 N–H and O–H groups in total. The van der Waals surface area contributed by atoms with Crippen LogP contribution in [-0.4, -0.2) is 58.9 Å². The highest BCUT2D eigenvalue weighted by molar-refractivity contribution is 7.14. The van der Waals surface area contributed by atoms with Crippen LogP contribution in [0.2, 0.25) is 0 Å². The summed E-state index contributed by atoms with van der Waals surface area (Å²) in [5, 5.41) is 9.01. The standard InChI is InChI=1S/C34H39N5O2S/c1-3-34(28-16-9-5-10-17-28,29-18-11-6-12-19-29)39(22-13-20-31(40)38-23-21-35-26(2)24-38)33(41)37-32-36-30(25-42-32)27-14-7-4-8-15-27/h4-12,14-19,25-26,35H,3,13,20-24H2,1-2H3,(H,36,37,41). The third kappa shape index (κ3) is 6.55. The normalized spacial score (nSPS) is 15.3. The molecule has 2 heterocycles. The summed E-state index contributed by atoms with van der Waals surface area (Å²) in [7, 11) is 0. The zero-order valence-electron chi connectivity index (χ0n) is 24.3. The number of carbonyl (C=O) groups is 2. The van der Waals surface area contributed by atoms with E-state index in [-0.39, 0.29) is 18.0 Å². The molecule has 1 aliphatic rings. The fourth-order valence-electron chi connectivity index (χ4n) is 5.91. The first-order valence-corrected chi connectivity index (χ1v) is 15.6. The number of urea groups is 1. The summed E-state index contributed by atoms with van der Waals surface area (Å²) in [6.07, 6.45) is 1.60. The van der Waals surface area contributed by atoms with Crippen molar-refractivity contribution in [3.8, 4) is 11.3 Å². The Kier molecular flexibility index (Phi) is 9.66. The molecule has 1 unspecified atom stereocenters. The van der Waals surface area contributed by atoms with Gasteiger partial charge in [0, 0.05) is 49.6 Å². The lowest BCUT2D eigenvalue weighted by molar-refractivity contribution is -0.132. The molecule has 3 amide bonds. The number of carbonyl (C=O) groups excluding carboxylic acids is 2. The molecular formula is C34H39N5O2S. The molecule has 0 bridgehead atoms. The molecule has 0 aliphatic carbocycles. The molecule has 3 aromatic carbocycles. The molecule has 0 saturated carbocycles. The molecule has 8 heteroatoms. The lowest BCUT2D eigenvalue weighted by Crippen LogP contribution is -2.53. The number of anilines is 1. The summed E-state index contributed by atoms with van der Waals surface area (Å²) in [5.41, 5.74) is 3.15. The van der Waals surface area contributed by atoms with E-state index in [0.29, 0.717) is 44.0 Å². The van der Waals surface area contributed by atoms with Crippen molar-refractivity contribution in [3.05, 3.63) is 108 Å². The zero-order valence-corrected chi connectivity index (χ0v) is 25.1. The Morgan fingerprint density at radius 1 is 1.00 bits per heavy atom. The smallest absolute Gasteiger partial charge is 0.324 e. The maximum atomic E-state index is 14.3. The van der Waals surface area contributed by atoms with Crippen molar-refractivity contribution in [1.29, 1.82) is 0 Å². The van der Waals surface area contributed by atoms with Gasteiger partial charge in [-0.05, 0) is 30.9 Å². The van der Waals surface area contributed by atoms with E-state index in [2.05, 4.69) is 48.7 Å². The zero-order chi connectivity index (χ0) is 29.4. The highest BCUT2D eigenvalue weighted by Crippen LogP contribution is 2.40. The molecule has 218 valence electrons. The van der Waals surface area contributed by atoms with Gasteiger partial charge in [0.1, 0.15) is 0 Å². The largest absolute Gasteiger partial charge is 0.340 e. The van der Waals surface area contributed by atoms with Gasteiger partial charge in [-0.25, -0.2) is 9.78 Å². The summed E-state index contributed by atoms with van der Waals surface area (Å²) >= 11 is 1.41. The van der Waals surface area contributed by atoms with Gasteiger partial charge in [0.15, 0.2) is 5.13 Å². The maximum absolute atomic E-state index is 14.3. The van der Waals surface area contributed by atoms with Crippen LogP contribution in [-0.2, 0) is 10.3 Å². The molecule has 7 nitrogen and oxygen atoms in total. The fraction of sp³-hybridized carbons (Fsp3) is 0.324. The van der Waals surface area contributed by atoms with Gasteiger partial charge in [0.2, 0.25) is 5.91 Å². The predicted molar refractivity (Wildman–Crippen MR) is 171 cm³/mol. The molecule has 5 rings (SSSR count). The van der Waals surface area contributed by atoms with E-state index in [1.165, 1.54) is 11.3 Å². The third-order valence-electron chi connectivity index (χ3n) is 8.00. The van der Waals surface area contributed by atoms with E-state index in [0.717, 1.165) is 28.9 Å². The number of aromatic nitrogens is 1. The van der Waals surface area contributed by atoms with E-state index in [9.17, 15) is 9.59 Å². The minimum atomic E-state index is -0.737. The van der Waals surface area contributed by atoms with Gasteiger partial charge in [-0.2, -0.15) is 0 Å². The monoisotopic (exact) mass is 581 g/mol. The van der Waals surface area contributed by atoms with E-state index in [1.54, 1.807) is 0 Å². The number of thiazole rings is 1. The van der Waals surface area contributed by atoms with Gasteiger partial charge >= 0.3 is 6.03 Å². The van der Waals surface area contributed by atoms with Crippen molar-refractivity contribution in [2.24, 2.45) is 0 Å². The second-order valence-corrected chi connectivity index (χ2v) is 11.6. The Morgan fingerprint density at radius 3 is 2.21 bits per heavy atom. The van der Waals surface area contributed by atoms with Crippen LogP contribution in [0.15, 0.2) is 96.4 Å². The van der Waals surface area contributed by atoms with Gasteiger partial charge in [-0.3, -0.25) is 10.1 Å². The Bertz CT molecular complexity index is 1410. The molecule has 1 aliphatic heterocycles. The van der Waals surface area contributed by atoms with Gasteiger partial charge in [0.25, 0.3) is 0 Å². The lowest BCUT2D eigenvalue weighted by Gasteiger charge is -2.44. The van der Waals surface area contributed by atoms with Crippen LogP contribution in [0.1, 0.15) is 44.2 Å². The first-order chi connectivity index (χ1) is 20.5. The van der Waals surface area contributed by atoms with Crippen LogP contribution >= 0.6 is 11.3 Å². The summed E-state index contributed by atoms with van der Waals surface area (Å²) in [4.78, 5) is 36.0. The van der Waals surface area contributed by atoms with Gasteiger partial charge < -0.3 is 15.1 Å². The molecule has 1 aromatic heterocycles. The number of hydrogen-bond acceptors (Lipinski definition) is 5. The van der Waals surface area contributed by atoms with Crippen LogP contribution in [0, 0.1) is 0 Å². The molecule has 1 atom stereocenters. The summed E-state index contributed by atoms with van der Waals surface area (Å²) in [5.74, 6) is 0.137. The summed E-state index contributed by atoms with van der Waals surface area (Å²) in [6.45, 7) is 6.86. The van der Waals surface area contributed by atoms with Crippen LogP contribution < -0.4 is 10.6 Å². The van der Waals surface area contributed by atoms with E-state index in [1.807, 2.05) is 81.9 Å². The Balaban J connectivity index is 1.45. The highest BCUT2D eigenvalue weighted by atomic mass is 32.1. The van der Waals surface area contributed by atoms with Crippen LogP contribution in [0.4, 0.5) is 9.93 Å². The minimum Gasteiger partial charge on any atom is -0.340 e. The molecule has 1 saturated heterocycles. The van der Waals surface area contributed by atoms with Crippen molar-refractivity contribution >= 4 is 28.4 Å². The Morgan fingerprint density at radius 2 is 1.62 bits per heavy atom. The highest BCUT2D eigenvalue weighted by Gasteiger charge is 2.41. The van der Waals surface area contributed by atoms with Crippen LogP contribution in [0.3, 0.4) is 0 Å². The number of piperazine rings is 1. The van der Waals surface area contributed by atoms with Crippen molar-refractivity contribution in [3.63, 3.8) is 0 Å². The first kappa shape index (κ1) is 29.5. The summed E-state index contributed by atoms with van der Waals surface area (Å²) < 4.78 is 0. The minimum absolute atomic E-state index is 0.137. The molecule has 1 fully saturated rings. The molecule has 0 spiro atoms. The lowest BCUT2D eigenvalue weighted by atomic mass is 9.79. The van der Waals surface area contributed by atoms with Gasteiger partial charge in [-0.15, -0.1) is 11.3 Å². The number of nitrogens with zero attached hydrogens (tertiary/aromatic N) is 3. The topological polar surface area (TPSA) is 77.6 Å². The van der Waals surface area contributed by atoms with E-state index >= 15 is 0 Å². The van der Waals surface area contributed by atoms with Crippen molar-refractivity contribution in [2.45, 2.75) is 44.7 Å². The predicted octanol–water partition coefficient (Wildman–Crippen LogP) is 6.60. The van der Waals surface area contributed by atoms with Crippen LogP contribution in [0.5, 0.6) is 0 Å². The molecule has 4 aromatic rings. The number of nitrogens with one attached hydrogen (secondary N) is 2. The average molecular weight is 582 g/mol. The quantitative estimate of drug-likeness (QED) is 0.221. The van der Waals surface area contributed by atoms with E-state index in [4.69, 9.17) is 4.98 Å². The molecule has 0 radical (unpaired) electrons. The van der Waals surface area contributed by atoms with Gasteiger partial charge in [-0.1, -0.05) is 97.9 Å². The number of amides is 3. The molecular weight excluding hydrogens is 542 g/mol. The Labute approximate surface area is 252 Å². The maximum Gasteiger partial charge on any atom is 0.324 e. The number of benzene rings is 3. The van der Waals surface area contributed by atoms with Gasteiger partial charge in [0.05, 0.1) is 11.2 Å². The SMILES string of the molecule is CCC(c1ccccc1)(c1ccccc1)N(CCCC(=O)N1CCNC(C)C1)C(=O)Nc1nc(-c2ccccc2)cs1. The fourth-order valence-corrected chi connectivity index (χ4v) is 6.62. The second kappa shape index (κ2) is 13.8. The average Bonchev–Trinajstić information content (AvgIpc) is 3.50. The number of rotatable bonds is 10. The van der Waals surface area contributed by atoms with Crippen molar-refractivity contribution in [1.82, 2.24) is 20.1 Å². The van der Waals surface area contributed by atoms with E-state index < -0.39 is 5.54 Å². The molecule has 42 heavy (non-hydrogen) atoms. The number of hydrogen-bond donors (Lipinski definition) is 2. The van der Waals surface area contributed by atoms with Crippen molar-refractivity contribution < 1.29 is 9.59 Å². The van der Waals surface area contributed by atoms with Crippen LogP contribution in [0.25, 0.3) is 11.3 Å². The Hall–Kier alpha value is -4.01.